The molecular weight excluding hydrogens is 342 g/mol. The molecule has 2 rings (SSSR count). The zero-order valence-electron chi connectivity index (χ0n) is 14.0. The number of piperazine rings is 1. The number of nitriles is 1. The standard InChI is InChI=1S/C16H21N5O3S/c1-2-20-7-9-21(10-8-20)12-13(11-17)16(22)19-14-3-5-15(6-4-14)25(18,23)24/h3-6,12H,2,7-10H2,1H3,(H,19,22)(H2,18,23,24)/b13-12-. The summed E-state index contributed by atoms with van der Waals surface area (Å²) in [5.74, 6) is -0.538. The van der Waals surface area contributed by atoms with Gasteiger partial charge < -0.3 is 15.1 Å². The zero-order chi connectivity index (χ0) is 18.4. The lowest BCUT2D eigenvalue weighted by atomic mass is 10.2. The first kappa shape index (κ1) is 18.9. The number of likely N-dealkylation sites (N-methyl/N-ethyl adjacent to an activating group) is 1. The fourth-order valence-corrected chi connectivity index (χ4v) is 2.97. The minimum absolute atomic E-state index is 0.000436. The van der Waals surface area contributed by atoms with E-state index in [2.05, 4.69) is 17.1 Å². The molecular formula is C16H21N5O3S. The molecule has 1 aromatic rings. The van der Waals surface area contributed by atoms with E-state index in [9.17, 15) is 18.5 Å². The third kappa shape index (κ3) is 5.29. The molecule has 1 fully saturated rings. The van der Waals surface area contributed by atoms with Crippen LogP contribution in [-0.2, 0) is 14.8 Å². The monoisotopic (exact) mass is 363 g/mol. The Morgan fingerprint density at radius 3 is 2.36 bits per heavy atom. The van der Waals surface area contributed by atoms with Gasteiger partial charge in [0, 0.05) is 38.1 Å². The fraction of sp³-hybridized carbons (Fsp3) is 0.375. The van der Waals surface area contributed by atoms with Crippen LogP contribution < -0.4 is 10.5 Å². The lowest BCUT2D eigenvalue weighted by Gasteiger charge is -2.33. The van der Waals surface area contributed by atoms with Crippen LogP contribution in [0.15, 0.2) is 40.9 Å². The average Bonchev–Trinajstić information content (AvgIpc) is 2.59. The molecule has 0 radical (unpaired) electrons. The Bertz CT molecular complexity index is 788. The number of carbonyl (C=O) groups is 1. The van der Waals surface area contributed by atoms with Crippen molar-refractivity contribution in [3.63, 3.8) is 0 Å². The molecule has 0 unspecified atom stereocenters. The van der Waals surface area contributed by atoms with Crippen molar-refractivity contribution < 1.29 is 13.2 Å². The molecule has 134 valence electrons. The number of rotatable bonds is 5. The molecule has 1 heterocycles. The van der Waals surface area contributed by atoms with Crippen molar-refractivity contribution in [3.8, 4) is 6.07 Å². The normalized spacial score (nSPS) is 16.4. The quantitative estimate of drug-likeness (QED) is 0.574. The molecule has 1 amide bonds. The van der Waals surface area contributed by atoms with Crippen LogP contribution in [0.5, 0.6) is 0 Å². The van der Waals surface area contributed by atoms with E-state index < -0.39 is 15.9 Å². The summed E-state index contributed by atoms with van der Waals surface area (Å²) in [4.78, 5) is 16.4. The van der Waals surface area contributed by atoms with Crippen LogP contribution in [0.1, 0.15) is 6.92 Å². The molecule has 0 spiro atoms. The van der Waals surface area contributed by atoms with Crippen molar-refractivity contribution in [3.05, 3.63) is 36.0 Å². The van der Waals surface area contributed by atoms with Gasteiger partial charge in [0.25, 0.3) is 5.91 Å². The topological polar surface area (TPSA) is 120 Å². The third-order valence-corrected chi connectivity index (χ3v) is 4.90. The van der Waals surface area contributed by atoms with E-state index in [1.165, 1.54) is 24.3 Å². The molecule has 1 saturated heterocycles. The highest BCUT2D eigenvalue weighted by molar-refractivity contribution is 7.89. The Labute approximate surface area is 147 Å². The van der Waals surface area contributed by atoms with Crippen molar-refractivity contribution in [2.75, 3.05) is 38.0 Å². The number of nitrogens with zero attached hydrogens (tertiary/aromatic N) is 3. The lowest BCUT2D eigenvalue weighted by molar-refractivity contribution is -0.112. The summed E-state index contributed by atoms with van der Waals surface area (Å²) in [5.41, 5.74) is 0.384. The maximum absolute atomic E-state index is 12.2. The van der Waals surface area contributed by atoms with Crippen molar-refractivity contribution >= 4 is 21.6 Å². The van der Waals surface area contributed by atoms with Crippen LogP contribution in [0, 0.1) is 11.3 Å². The van der Waals surface area contributed by atoms with Crippen LogP contribution in [0.2, 0.25) is 0 Å². The highest BCUT2D eigenvalue weighted by Gasteiger charge is 2.16. The maximum Gasteiger partial charge on any atom is 0.267 e. The highest BCUT2D eigenvalue weighted by Crippen LogP contribution is 2.14. The van der Waals surface area contributed by atoms with Gasteiger partial charge in [-0.3, -0.25) is 4.79 Å². The van der Waals surface area contributed by atoms with Gasteiger partial charge in [-0.2, -0.15) is 5.26 Å². The first-order valence-corrected chi connectivity index (χ1v) is 9.40. The van der Waals surface area contributed by atoms with Gasteiger partial charge in [-0.15, -0.1) is 0 Å². The Kier molecular flexibility index (Phi) is 6.14. The Morgan fingerprint density at radius 1 is 1.28 bits per heavy atom. The zero-order valence-corrected chi connectivity index (χ0v) is 14.8. The number of nitrogens with two attached hydrogens (primary N) is 1. The predicted octanol–water partition coefficient (Wildman–Crippen LogP) is 0.317. The number of hydrogen-bond donors (Lipinski definition) is 2. The smallest absolute Gasteiger partial charge is 0.267 e. The van der Waals surface area contributed by atoms with Gasteiger partial charge in [-0.25, -0.2) is 13.6 Å². The molecule has 8 nitrogen and oxygen atoms in total. The predicted molar refractivity (Wildman–Crippen MR) is 93.8 cm³/mol. The second-order valence-electron chi connectivity index (χ2n) is 5.65. The van der Waals surface area contributed by atoms with Gasteiger partial charge in [0.2, 0.25) is 10.0 Å². The highest BCUT2D eigenvalue weighted by atomic mass is 32.2. The first-order chi connectivity index (χ1) is 11.8. The van der Waals surface area contributed by atoms with Gasteiger partial charge in [0.1, 0.15) is 11.6 Å². The minimum Gasteiger partial charge on any atom is -0.374 e. The summed E-state index contributed by atoms with van der Waals surface area (Å²) >= 11 is 0. The molecule has 25 heavy (non-hydrogen) atoms. The maximum atomic E-state index is 12.2. The van der Waals surface area contributed by atoms with E-state index in [4.69, 9.17) is 5.14 Å². The van der Waals surface area contributed by atoms with Gasteiger partial charge in [0.05, 0.1) is 4.90 Å². The van der Waals surface area contributed by atoms with E-state index in [-0.39, 0.29) is 10.5 Å². The van der Waals surface area contributed by atoms with Crippen LogP contribution in [0.25, 0.3) is 0 Å². The number of primary sulfonamides is 1. The van der Waals surface area contributed by atoms with E-state index >= 15 is 0 Å². The Balaban J connectivity index is 2.03. The van der Waals surface area contributed by atoms with Crippen molar-refractivity contribution in [2.24, 2.45) is 5.14 Å². The van der Waals surface area contributed by atoms with Crippen LogP contribution >= 0.6 is 0 Å². The fourth-order valence-electron chi connectivity index (χ4n) is 2.46. The summed E-state index contributed by atoms with van der Waals surface area (Å²) in [6, 6.07) is 7.35. The van der Waals surface area contributed by atoms with E-state index in [1.807, 2.05) is 11.0 Å². The summed E-state index contributed by atoms with van der Waals surface area (Å²) < 4.78 is 22.4. The molecule has 0 bridgehead atoms. The number of anilines is 1. The molecule has 1 aliphatic rings. The number of amides is 1. The molecule has 0 aliphatic carbocycles. The second-order valence-corrected chi connectivity index (χ2v) is 7.21. The van der Waals surface area contributed by atoms with Crippen LogP contribution in [0.3, 0.4) is 0 Å². The SMILES string of the molecule is CCN1CCN(/C=C(/C#N)C(=O)Nc2ccc(S(N)(=O)=O)cc2)CC1. The Morgan fingerprint density at radius 2 is 1.88 bits per heavy atom. The number of carbonyl (C=O) groups excluding carboxylic acids is 1. The third-order valence-electron chi connectivity index (χ3n) is 3.97. The largest absolute Gasteiger partial charge is 0.374 e. The number of benzene rings is 1. The van der Waals surface area contributed by atoms with Crippen LogP contribution in [0.4, 0.5) is 5.69 Å². The van der Waals surface area contributed by atoms with E-state index in [0.29, 0.717) is 5.69 Å². The molecule has 1 aromatic carbocycles. The summed E-state index contributed by atoms with van der Waals surface area (Å²) in [6.07, 6.45) is 1.57. The van der Waals surface area contributed by atoms with Gasteiger partial charge in [0.15, 0.2) is 0 Å². The molecule has 3 N–H and O–H groups in total. The van der Waals surface area contributed by atoms with Gasteiger partial charge >= 0.3 is 0 Å². The molecule has 9 heteroatoms. The van der Waals surface area contributed by atoms with Crippen LogP contribution in [-0.4, -0.2) is 56.8 Å². The first-order valence-electron chi connectivity index (χ1n) is 7.86. The molecule has 1 aliphatic heterocycles. The molecule has 0 aromatic heterocycles. The van der Waals surface area contributed by atoms with E-state index in [1.54, 1.807) is 6.20 Å². The van der Waals surface area contributed by atoms with Crippen molar-refractivity contribution in [1.29, 1.82) is 5.26 Å². The minimum atomic E-state index is -3.78. The number of hydrogen-bond acceptors (Lipinski definition) is 6. The second kappa shape index (κ2) is 8.11. The summed E-state index contributed by atoms with van der Waals surface area (Å²) in [6.45, 7) is 6.38. The van der Waals surface area contributed by atoms with Crippen molar-refractivity contribution in [1.82, 2.24) is 9.80 Å². The van der Waals surface area contributed by atoms with Crippen molar-refractivity contribution in [2.45, 2.75) is 11.8 Å². The van der Waals surface area contributed by atoms with E-state index in [0.717, 1.165) is 32.7 Å². The van der Waals surface area contributed by atoms with Gasteiger partial charge in [-0.1, -0.05) is 6.92 Å². The lowest BCUT2D eigenvalue weighted by Crippen LogP contribution is -2.44. The number of sulfonamides is 1. The summed E-state index contributed by atoms with van der Waals surface area (Å²) in [7, 11) is -3.78. The van der Waals surface area contributed by atoms with Gasteiger partial charge in [-0.05, 0) is 30.8 Å². The summed E-state index contributed by atoms with van der Waals surface area (Å²) in [5, 5.41) is 16.8. The number of nitrogens with one attached hydrogen (secondary N) is 1. The molecule has 0 saturated carbocycles. The average molecular weight is 363 g/mol. The Hall–Kier alpha value is -2.41. The molecule has 0 atom stereocenters.